The minimum atomic E-state index is -1.16. The van der Waals surface area contributed by atoms with Gasteiger partial charge in [-0.25, -0.2) is 19.0 Å². The first-order valence-electron chi connectivity index (χ1n) is 16.1. The van der Waals surface area contributed by atoms with Gasteiger partial charge in [0.2, 0.25) is 11.8 Å². The quantitative estimate of drug-likeness (QED) is 0.300. The van der Waals surface area contributed by atoms with Gasteiger partial charge in [0, 0.05) is 37.1 Å². The van der Waals surface area contributed by atoms with Crippen molar-refractivity contribution in [2.75, 3.05) is 33.9 Å². The number of hydrogen-bond acceptors (Lipinski definition) is 8. The predicted molar refractivity (Wildman–Crippen MR) is 172 cm³/mol. The molecule has 3 aliphatic rings. The van der Waals surface area contributed by atoms with Gasteiger partial charge in [0.25, 0.3) is 0 Å². The van der Waals surface area contributed by atoms with Gasteiger partial charge in [-0.2, -0.15) is 4.98 Å². The van der Waals surface area contributed by atoms with Gasteiger partial charge in [0.15, 0.2) is 5.82 Å². The lowest BCUT2D eigenvalue weighted by Crippen LogP contribution is -2.55. The van der Waals surface area contributed by atoms with Crippen LogP contribution in [-0.2, 0) is 14.3 Å². The first-order chi connectivity index (χ1) is 22.6. The van der Waals surface area contributed by atoms with Crippen LogP contribution in [0.2, 0.25) is 0 Å². The number of aromatic nitrogens is 2. The third-order valence-corrected chi connectivity index (χ3v) is 9.24. The summed E-state index contributed by atoms with van der Waals surface area (Å²) in [4.78, 5) is 53.4. The molecule has 47 heavy (non-hydrogen) atoms. The summed E-state index contributed by atoms with van der Waals surface area (Å²) >= 11 is 0. The maximum Gasteiger partial charge on any atom is 0.332 e. The number of nitrogens with one attached hydrogen (secondary N) is 1. The molecule has 1 N–H and O–H groups in total. The molecule has 3 amide bonds. The van der Waals surface area contributed by atoms with Crippen LogP contribution in [0.1, 0.15) is 44.6 Å². The SMILES string of the molecule is CCOC(=O)[C@@]12C[C@@H]1/C=C\CCCCN(C)C(=O)N1C[C@H](Oc3nc(-c4cccc(F)c4)nc4c(C)c(OC)ccc34)C[C@H]1C(=O)N2. The molecule has 0 radical (unpaired) electrons. The number of carbonyl (C=O) groups excluding carboxylic acids is 3. The molecule has 1 aromatic heterocycles. The van der Waals surface area contributed by atoms with E-state index >= 15 is 0 Å². The molecule has 2 aromatic carbocycles. The van der Waals surface area contributed by atoms with Gasteiger partial charge in [-0.15, -0.1) is 0 Å². The number of methoxy groups -OCH3 is 1. The summed E-state index contributed by atoms with van der Waals surface area (Å²) in [6.07, 6.45) is 6.50. The highest BCUT2D eigenvalue weighted by Gasteiger charge is 2.62. The number of esters is 1. The van der Waals surface area contributed by atoms with Crippen molar-refractivity contribution in [1.82, 2.24) is 25.1 Å². The molecular formula is C35H40FN5O6. The second-order valence-corrected chi connectivity index (χ2v) is 12.4. The smallest absolute Gasteiger partial charge is 0.332 e. The largest absolute Gasteiger partial charge is 0.496 e. The molecule has 2 fully saturated rings. The van der Waals surface area contributed by atoms with E-state index in [0.717, 1.165) is 24.8 Å². The Labute approximate surface area is 273 Å². The summed E-state index contributed by atoms with van der Waals surface area (Å²) in [6, 6.07) is 8.40. The lowest BCUT2D eigenvalue weighted by molar-refractivity contribution is -0.149. The third kappa shape index (κ3) is 6.33. The molecule has 11 nitrogen and oxygen atoms in total. The van der Waals surface area contributed by atoms with Crippen molar-refractivity contribution in [3.05, 3.63) is 59.9 Å². The zero-order valence-corrected chi connectivity index (χ0v) is 27.1. The van der Waals surface area contributed by atoms with E-state index in [1.165, 1.54) is 17.0 Å². The Hall–Kier alpha value is -4.74. The van der Waals surface area contributed by atoms with Crippen LogP contribution in [0.5, 0.6) is 11.6 Å². The van der Waals surface area contributed by atoms with Crippen molar-refractivity contribution in [1.29, 1.82) is 0 Å². The standard InChI is InChI=1S/C35H40FN5O6/c1-5-46-33(43)35-19-23(35)12-8-6-7-9-16-40(3)34(44)41-20-25(18-27(41)31(42)39-35)47-32-26-14-15-28(45-4)21(2)29(26)37-30(38-32)22-11-10-13-24(36)17-22/h8,10-15,17,23,25,27H,5-7,9,16,18-20H2,1-4H3,(H,39,42)/b12-8-/t23-,25+,27-,35+/m0/s1. The molecule has 1 saturated heterocycles. The number of aryl methyl sites for hydroxylation is 1. The van der Waals surface area contributed by atoms with E-state index in [1.807, 2.05) is 19.1 Å². The Kier molecular flexibility index (Phi) is 9.03. The fraction of sp³-hybridized carbons (Fsp3) is 0.457. The Morgan fingerprint density at radius 1 is 1.17 bits per heavy atom. The van der Waals surface area contributed by atoms with Gasteiger partial charge < -0.3 is 29.3 Å². The molecule has 1 saturated carbocycles. The molecule has 3 aromatic rings. The summed E-state index contributed by atoms with van der Waals surface area (Å²) in [7, 11) is 3.30. The highest BCUT2D eigenvalue weighted by Crippen LogP contribution is 2.46. The van der Waals surface area contributed by atoms with Crippen LogP contribution in [0, 0.1) is 18.7 Å². The van der Waals surface area contributed by atoms with E-state index in [4.69, 9.17) is 24.2 Å². The number of halogens is 1. The zero-order valence-electron chi connectivity index (χ0n) is 27.1. The molecule has 2 aliphatic heterocycles. The fourth-order valence-corrected chi connectivity index (χ4v) is 6.55. The van der Waals surface area contributed by atoms with Crippen LogP contribution in [0.3, 0.4) is 0 Å². The normalized spacial score (nSPS) is 25.3. The highest BCUT2D eigenvalue weighted by molar-refractivity contribution is 5.95. The molecule has 1 aliphatic carbocycles. The van der Waals surface area contributed by atoms with Gasteiger partial charge in [0.1, 0.15) is 29.3 Å². The second kappa shape index (κ2) is 13.2. The van der Waals surface area contributed by atoms with Gasteiger partial charge in [0.05, 0.1) is 31.2 Å². The highest BCUT2D eigenvalue weighted by atomic mass is 19.1. The number of ether oxygens (including phenoxy) is 3. The van der Waals surface area contributed by atoms with Crippen LogP contribution in [0.15, 0.2) is 48.6 Å². The molecule has 0 spiro atoms. The Morgan fingerprint density at radius 3 is 2.77 bits per heavy atom. The minimum Gasteiger partial charge on any atom is -0.496 e. The van der Waals surface area contributed by atoms with Gasteiger partial charge in [-0.3, -0.25) is 4.79 Å². The molecule has 4 atom stereocenters. The number of urea groups is 1. The van der Waals surface area contributed by atoms with Crippen LogP contribution < -0.4 is 14.8 Å². The van der Waals surface area contributed by atoms with E-state index in [0.29, 0.717) is 35.2 Å². The summed E-state index contributed by atoms with van der Waals surface area (Å²) in [5.41, 5.74) is 0.637. The van der Waals surface area contributed by atoms with Crippen LogP contribution in [0.4, 0.5) is 9.18 Å². The summed E-state index contributed by atoms with van der Waals surface area (Å²) in [5, 5.41) is 3.58. The Morgan fingerprint density at radius 2 is 2.00 bits per heavy atom. The van der Waals surface area contributed by atoms with Gasteiger partial charge >= 0.3 is 12.0 Å². The molecule has 0 bridgehead atoms. The number of amides is 3. The van der Waals surface area contributed by atoms with E-state index in [9.17, 15) is 18.8 Å². The van der Waals surface area contributed by atoms with E-state index < -0.39 is 35.4 Å². The Balaban J connectivity index is 1.35. The lowest BCUT2D eigenvalue weighted by Gasteiger charge is -2.30. The van der Waals surface area contributed by atoms with Crippen molar-refractivity contribution >= 4 is 28.8 Å². The second-order valence-electron chi connectivity index (χ2n) is 12.4. The number of carbonyl (C=O) groups is 3. The topological polar surface area (TPSA) is 123 Å². The number of fused-ring (bicyclic) bond motifs is 3. The van der Waals surface area contributed by atoms with Crippen molar-refractivity contribution in [2.24, 2.45) is 5.92 Å². The number of allylic oxidation sites excluding steroid dienone is 1. The average molecular weight is 646 g/mol. The fourth-order valence-electron chi connectivity index (χ4n) is 6.55. The van der Waals surface area contributed by atoms with Gasteiger partial charge in [-0.05, 0) is 63.8 Å². The maximum atomic E-state index is 14.2. The number of hydrogen-bond donors (Lipinski definition) is 1. The van der Waals surface area contributed by atoms with Crippen LogP contribution >= 0.6 is 0 Å². The van der Waals surface area contributed by atoms with E-state index in [1.54, 1.807) is 50.2 Å². The maximum absolute atomic E-state index is 14.2. The minimum absolute atomic E-state index is 0.118. The monoisotopic (exact) mass is 645 g/mol. The van der Waals surface area contributed by atoms with Crippen molar-refractivity contribution in [3.63, 3.8) is 0 Å². The number of rotatable bonds is 6. The first-order valence-corrected chi connectivity index (χ1v) is 16.1. The number of benzene rings is 2. The van der Waals surface area contributed by atoms with Crippen LogP contribution in [-0.4, -0.2) is 89.2 Å². The van der Waals surface area contributed by atoms with Crippen molar-refractivity contribution < 1.29 is 33.0 Å². The van der Waals surface area contributed by atoms with Crippen LogP contribution in [0.25, 0.3) is 22.3 Å². The van der Waals surface area contributed by atoms with E-state index in [-0.39, 0.29) is 43.2 Å². The molecule has 0 unspecified atom stereocenters. The predicted octanol–water partition coefficient (Wildman–Crippen LogP) is 4.80. The molecule has 3 heterocycles. The van der Waals surface area contributed by atoms with E-state index in [2.05, 4.69) is 5.32 Å². The molecule has 248 valence electrons. The van der Waals surface area contributed by atoms with Crippen molar-refractivity contribution in [3.8, 4) is 23.0 Å². The van der Waals surface area contributed by atoms with Gasteiger partial charge in [-0.1, -0.05) is 24.3 Å². The third-order valence-electron chi connectivity index (χ3n) is 9.24. The lowest BCUT2D eigenvalue weighted by atomic mass is 10.1. The average Bonchev–Trinajstić information content (AvgIpc) is 3.59. The molecule has 12 heteroatoms. The number of nitrogens with zero attached hydrogens (tertiary/aromatic N) is 4. The molecular weight excluding hydrogens is 605 g/mol. The molecule has 6 rings (SSSR count). The summed E-state index contributed by atoms with van der Waals surface area (Å²) < 4.78 is 31.6. The summed E-state index contributed by atoms with van der Waals surface area (Å²) in [6.45, 7) is 4.45. The Bertz CT molecular complexity index is 1730. The van der Waals surface area contributed by atoms with Crippen molar-refractivity contribution in [2.45, 2.75) is 63.6 Å². The summed E-state index contributed by atoms with van der Waals surface area (Å²) in [5.74, 6) is -0.388. The first kappa shape index (κ1) is 32.2. The zero-order chi connectivity index (χ0) is 33.3.